The quantitative estimate of drug-likeness (QED) is 0.442. The summed E-state index contributed by atoms with van der Waals surface area (Å²) in [6.45, 7) is 14.3. The maximum Gasteiger partial charge on any atom is 0.147 e. The molecular formula is C14H28OSSi. The monoisotopic (exact) mass is 272 g/mol. The number of thioether (sulfide) groups is 1. The molecule has 0 heterocycles. The average Bonchev–Trinajstić information content (AvgIpc) is 2.21. The number of aliphatic hydroxyl groups excluding tert-OH is 1. The lowest BCUT2D eigenvalue weighted by Crippen LogP contribution is -2.43. The van der Waals surface area contributed by atoms with E-state index in [9.17, 15) is 0 Å². The van der Waals surface area contributed by atoms with Crippen LogP contribution >= 0.6 is 11.8 Å². The first-order valence-corrected chi connectivity index (χ1v) is 9.86. The van der Waals surface area contributed by atoms with Crippen LogP contribution in [0.1, 0.15) is 48.0 Å². The lowest BCUT2D eigenvalue weighted by atomic mass is 10.5. The zero-order valence-electron chi connectivity index (χ0n) is 12.2. The van der Waals surface area contributed by atoms with Crippen molar-refractivity contribution < 1.29 is 5.11 Å². The summed E-state index contributed by atoms with van der Waals surface area (Å²) in [7, 11) is -1.53. The number of hydrogen-bond acceptors (Lipinski definition) is 2. The first-order chi connectivity index (χ1) is 7.89. The van der Waals surface area contributed by atoms with Gasteiger partial charge in [0.2, 0.25) is 0 Å². The summed E-state index contributed by atoms with van der Waals surface area (Å²) in [5, 5.41) is 12.1. The second-order valence-electron chi connectivity index (χ2n) is 5.55. The number of aliphatic hydroxyl groups is 1. The van der Waals surface area contributed by atoms with Crippen molar-refractivity contribution in [2.24, 2.45) is 0 Å². The molecule has 0 aromatic rings. The summed E-state index contributed by atoms with van der Waals surface area (Å²) < 4.78 is 0. The Balaban J connectivity index is 4.80. The van der Waals surface area contributed by atoms with Gasteiger partial charge in [-0.25, -0.2) is 0 Å². The molecule has 1 nitrogen and oxygen atoms in total. The lowest BCUT2D eigenvalue weighted by Gasteiger charge is -2.37. The molecule has 0 aromatic carbocycles. The Hall–Kier alpha value is 0.0869. The molecule has 17 heavy (non-hydrogen) atoms. The third-order valence-electron chi connectivity index (χ3n) is 3.61. The molecule has 100 valence electrons. The molecule has 0 saturated heterocycles. The second kappa shape index (κ2) is 8.23. The van der Waals surface area contributed by atoms with Crippen LogP contribution in [0.2, 0.25) is 16.6 Å². The molecule has 0 rings (SSSR count). The van der Waals surface area contributed by atoms with E-state index >= 15 is 0 Å². The van der Waals surface area contributed by atoms with Crippen LogP contribution in [0.25, 0.3) is 0 Å². The van der Waals surface area contributed by atoms with E-state index in [1.165, 1.54) is 0 Å². The van der Waals surface area contributed by atoms with Crippen molar-refractivity contribution in [1.82, 2.24) is 0 Å². The molecule has 0 aliphatic carbocycles. The third kappa shape index (κ3) is 4.69. The van der Waals surface area contributed by atoms with Crippen molar-refractivity contribution in [3.63, 3.8) is 0 Å². The normalized spacial score (nSPS) is 12.1. The summed E-state index contributed by atoms with van der Waals surface area (Å²) in [5.41, 5.74) is 5.77. The van der Waals surface area contributed by atoms with Gasteiger partial charge in [0.25, 0.3) is 0 Å². The molecule has 0 radical (unpaired) electrons. The zero-order valence-corrected chi connectivity index (χ0v) is 14.0. The maximum absolute atomic E-state index is 8.74. The lowest BCUT2D eigenvalue weighted by molar-refractivity contribution is 0.296. The highest BCUT2D eigenvalue weighted by Crippen LogP contribution is 2.40. The van der Waals surface area contributed by atoms with E-state index in [0.29, 0.717) is 16.6 Å². The second-order valence-corrected chi connectivity index (χ2v) is 12.0. The molecule has 0 atom stereocenters. The first kappa shape index (κ1) is 17.1. The predicted molar refractivity (Wildman–Crippen MR) is 83.0 cm³/mol. The van der Waals surface area contributed by atoms with E-state index in [1.807, 2.05) is 0 Å². The highest BCUT2D eigenvalue weighted by molar-refractivity contribution is 8.03. The molecule has 0 amide bonds. The van der Waals surface area contributed by atoms with Crippen LogP contribution in [0, 0.1) is 10.8 Å². The standard InChI is InChI=1S/C14H28OSSi/c1-12(2)17(13(3)4,14(5)6)11-10-16-9-7-8-15/h12-15H,7-9H2,1-6H3. The Morgan fingerprint density at radius 2 is 1.47 bits per heavy atom. The highest BCUT2D eigenvalue weighted by atomic mass is 32.2. The molecule has 0 spiro atoms. The van der Waals surface area contributed by atoms with E-state index in [2.05, 4.69) is 52.3 Å². The number of rotatable bonds is 6. The summed E-state index contributed by atoms with van der Waals surface area (Å²) >= 11 is 1.67. The fourth-order valence-corrected chi connectivity index (χ4v) is 8.98. The fraction of sp³-hybridized carbons (Fsp3) is 0.857. The zero-order chi connectivity index (χ0) is 13.5. The van der Waals surface area contributed by atoms with Crippen LogP contribution in [0.4, 0.5) is 0 Å². The van der Waals surface area contributed by atoms with Gasteiger partial charge in [-0.1, -0.05) is 53.3 Å². The Bertz CT molecular complexity index is 241. The van der Waals surface area contributed by atoms with Crippen molar-refractivity contribution in [3.8, 4) is 10.8 Å². The fourth-order valence-electron chi connectivity index (χ4n) is 2.75. The predicted octanol–water partition coefficient (Wildman–Crippen LogP) is 4.28. The van der Waals surface area contributed by atoms with Gasteiger partial charge in [0.15, 0.2) is 0 Å². The molecule has 0 aromatic heterocycles. The summed E-state index contributed by atoms with van der Waals surface area (Å²) in [6, 6.07) is 0. The Labute approximate surface area is 113 Å². The molecule has 1 N–H and O–H groups in total. The Morgan fingerprint density at radius 1 is 1.00 bits per heavy atom. The van der Waals surface area contributed by atoms with Crippen molar-refractivity contribution >= 4 is 19.8 Å². The molecule has 0 aliphatic heterocycles. The van der Waals surface area contributed by atoms with Gasteiger partial charge in [-0.15, -0.1) is 5.54 Å². The van der Waals surface area contributed by atoms with Crippen molar-refractivity contribution in [2.45, 2.75) is 64.6 Å². The third-order valence-corrected chi connectivity index (χ3v) is 10.8. The van der Waals surface area contributed by atoms with Gasteiger partial charge < -0.3 is 5.11 Å². The molecule has 0 aliphatic rings. The van der Waals surface area contributed by atoms with Crippen molar-refractivity contribution in [1.29, 1.82) is 0 Å². The summed E-state index contributed by atoms with van der Waals surface area (Å²) in [4.78, 5) is 0. The molecule has 0 bridgehead atoms. The van der Waals surface area contributed by atoms with Gasteiger partial charge in [0.05, 0.1) is 0 Å². The van der Waals surface area contributed by atoms with E-state index in [4.69, 9.17) is 5.11 Å². The minimum atomic E-state index is -1.53. The van der Waals surface area contributed by atoms with Gasteiger partial charge in [-0.3, -0.25) is 0 Å². The minimum absolute atomic E-state index is 0.274. The molecule has 0 fully saturated rings. The van der Waals surface area contributed by atoms with Crippen LogP contribution < -0.4 is 0 Å². The van der Waals surface area contributed by atoms with E-state index < -0.39 is 8.07 Å². The molecule has 3 heteroatoms. The van der Waals surface area contributed by atoms with E-state index in [1.54, 1.807) is 11.8 Å². The van der Waals surface area contributed by atoms with E-state index in [0.717, 1.165) is 12.2 Å². The van der Waals surface area contributed by atoms with Crippen LogP contribution in [-0.2, 0) is 0 Å². The maximum atomic E-state index is 8.74. The summed E-state index contributed by atoms with van der Waals surface area (Å²) in [5.74, 6) is 0.947. The first-order valence-electron chi connectivity index (χ1n) is 6.64. The topological polar surface area (TPSA) is 20.2 Å². The summed E-state index contributed by atoms with van der Waals surface area (Å²) in [6.07, 6.45) is 0.846. The van der Waals surface area contributed by atoms with Gasteiger partial charge in [0.1, 0.15) is 8.07 Å². The largest absolute Gasteiger partial charge is 0.396 e. The van der Waals surface area contributed by atoms with Crippen molar-refractivity contribution in [2.75, 3.05) is 12.4 Å². The Morgan fingerprint density at radius 3 is 1.82 bits per heavy atom. The smallest absolute Gasteiger partial charge is 0.147 e. The van der Waals surface area contributed by atoms with Gasteiger partial charge in [0, 0.05) is 12.4 Å². The highest BCUT2D eigenvalue weighted by Gasteiger charge is 2.41. The van der Waals surface area contributed by atoms with Gasteiger partial charge >= 0.3 is 0 Å². The van der Waals surface area contributed by atoms with Crippen molar-refractivity contribution in [3.05, 3.63) is 0 Å². The van der Waals surface area contributed by atoms with Crippen LogP contribution in [0.3, 0.4) is 0 Å². The van der Waals surface area contributed by atoms with Crippen LogP contribution in [0.15, 0.2) is 0 Å². The van der Waals surface area contributed by atoms with Gasteiger partial charge in [-0.2, -0.15) is 0 Å². The molecular weight excluding hydrogens is 244 g/mol. The number of hydrogen-bond donors (Lipinski definition) is 1. The molecule has 0 saturated carbocycles. The van der Waals surface area contributed by atoms with E-state index in [-0.39, 0.29) is 6.61 Å². The van der Waals surface area contributed by atoms with Gasteiger partial charge in [-0.05, 0) is 28.3 Å². The minimum Gasteiger partial charge on any atom is -0.396 e. The SMILES string of the molecule is CC(C)[Si](C#CSCCCO)(C(C)C)C(C)C. The van der Waals surface area contributed by atoms with Crippen LogP contribution in [0.5, 0.6) is 0 Å². The Kier molecular flexibility index (Phi) is 8.28. The molecule has 0 unspecified atom stereocenters. The average molecular weight is 273 g/mol. The van der Waals surface area contributed by atoms with Crippen LogP contribution in [-0.4, -0.2) is 25.5 Å².